The Morgan fingerprint density at radius 2 is 2.06 bits per heavy atom. The monoisotopic (exact) mass is 250 g/mol. The van der Waals surface area contributed by atoms with Crippen molar-refractivity contribution >= 4 is 11.6 Å². The molecule has 1 aromatic rings. The van der Waals surface area contributed by atoms with Gasteiger partial charge >= 0.3 is 0 Å². The highest BCUT2D eigenvalue weighted by atomic mass is 16.3. The Bertz CT molecular complexity index is 387. The predicted octanol–water partition coefficient (Wildman–Crippen LogP) is 1.85. The van der Waals surface area contributed by atoms with E-state index in [0.29, 0.717) is 0 Å². The highest BCUT2D eigenvalue weighted by molar-refractivity contribution is 5.93. The van der Waals surface area contributed by atoms with E-state index in [-0.39, 0.29) is 5.91 Å². The molecule has 1 atom stereocenters. The van der Waals surface area contributed by atoms with E-state index >= 15 is 0 Å². The summed E-state index contributed by atoms with van der Waals surface area (Å²) in [6, 6.07) is 7.72. The van der Waals surface area contributed by atoms with Crippen LogP contribution in [-0.2, 0) is 11.3 Å². The van der Waals surface area contributed by atoms with Crippen LogP contribution in [-0.4, -0.2) is 35.1 Å². The maximum atomic E-state index is 11.4. The summed E-state index contributed by atoms with van der Waals surface area (Å²) in [7, 11) is 0. The molecule has 1 unspecified atom stereocenters. The molecule has 0 bridgehead atoms. The molecule has 0 aliphatic heterocycles. The van der Waals surface area contributed by atoms with Gasteiger partial charge in [0.05, 0.1) is 0 Å². The molecular weight excluding hydrogens is 228 g/mol. The van der Waals surface area contributed by atoms with Crippen molar-refractivity contribution in [1.82, 2.24) is 4.90 Å². The maximum Gasteiger partial charge on any atom is 0.252 e. The van der Waals surface area contributed by atoms with Crippen LogP contribution in [0.2, 0.25) is 0 Å². The number of carbonyl (C=O) groups excluding carboxylic acids is 1. The Morgan fingerprint density at radius 1 is 1.39 bits per heavy atom. The summed E-state index contributed by atoms with van der Waals surface area (Å²) in [6.45, 7) is 8.58. The molecule has 2 N–H and O–H groups in total. The molecule has 0 spiro atoms. The van der Waals surface area contributed by atoms with Gasteiger partial charge in [0.2, 0.25) is 0 Å². The molecule has 0 heterocycles. The minimum absolute atomic E-state index is 0.380. The van der Waals surface area contributed by atoms with Crippen molar-refractivity contribution in [3.63, 3.8) is 0 Å². The fraction of sp³-hybridized carbons (Fsp3) is 0.500. The number of hydrogen-bond acceptors (Lipinski definition) is 3. The van der Waals surface area contributed by atoms with Crippen LogP contribution in [0.5, 0.6) is 0 Å². The standard InChI is InChI=1S/C14H22N2O2/c1-4-16(5-2)10-12-7-6-8-13(9-12)15-14(18)11(3)17/h6-9,11,17H,4-5,10H2,1-3H3,(H,15,18). The Morgan fingerprint density at radius 3 is 2.61 bits per heavy atom. The summed E-state index contributed by atoms with van der Waals surface area (Å²) >= 11 is 0. The first-order valence-electron chi connectivity index (χ1n) is 6.37. The van der Waals surface area contributed by atoms with Crippen molar-refractivity contribution in [2.45, 2.75) is 33.4 Å². The van der Waals surface area contributed by atoms with Crippen molar-refractivity contribution < 1.29 is 9.90 Å². The normalized spacial score (nSPS) is 12.5. The lowest BCUT2D eigenvalue weighted by atomic mass is 10.2. The van der Waals surface area contributed by atoms with Crippen LogP contribution in [0.3, 0.4) is 0 Å². The van der Waals surface area contributed by atoms with E-state index in [4.69, 9.17) is 5.11 Å². The third kappa shape index (κ3) is 4.47. The van der Waals surface area contributed by atoms with Gasteiger partial charge in [-0.3, -0.25) is 9.69 Å². The van der Waals surface area contributed by atoms with Crippen LogP contribution in [0.4, 0.5) is 5.69 Å². The number of carbonyl (C=O) groups is 1. The Balaban J connectivity index is 2.70. The molecule has 1 amide bonds. The van der Waals surface area contributed by atoms with Crippen LogP contribution in [0.25, 0.3) is 0 Å². The van der Waals surface area contributed by atoms with Crippen molar-refractivity contribution in [2.75, 3.05) is 18.4 Å². The number of rotatable bonds is 6. The Kier molecular flexibility index (Phi) is 5.82. The molecule has 1 aromatic carbocycles. The highest BCUT2D eigenvalue weighted by Gasteiger charge is 2.09. The Hall–Kier alpha value is -1.39. The first-order valence-corrected chi connectivity index (χ1v) is 6.37. The first kappa shape index (κ1) is 14.7. The molecular formula is C14H22N2O2. The van der Waals surface area contributed by atoms with Crippen LogP contribution < -0.4 is 5.32 Å². The zero-order valence-electron chi connectivity index (χ0n) is 11.3. The molecule has 4 nitrogen and oxygen atoms in total. The largest absolute Gasteiger partial charge is 0.384 e. The summed E-state index contributed by atoms with van der Waals surface area (Å²) in [5, 5.41) is 11.8. The van der Waals surface area contributed by atoms with E-state index in [1.165, 1.54) is 6.92 Å². The van der Waals surface area contributed by atoms with Crippen LogP contribution in [0.15, 0.2) is 24.3 Å². The smallest absolute Gasteiger partial charge is 0.252 e. The van der Waals surface area contributed by atoms with Gasteiger partial charge in [0.15, 0.2) is 0 Å². The average molecular weight is 250 g/mol. The summed E-state index contributed by atoms with van der Waals surface area (Å²) < 4.78 is 0. The highest BCUT2D eigenvalue weighted by Crippen LogP contribution is 2.13. The number of amides is 1. The summed E-state index contributed by atoms with van der Waals surface area (Å²) in [4.78, 5) is 13.7. The van der Waals surface area contributed by atoms with Gasteiger partial charge in [-0.05, 0) is 37.7 Å². The van der Waals surface area contributed by atoms with E-state index < -0.39 is 6.10 Å². The molecule has 0 saturated carbocycles. The second-order valence-electron chi connectivity index (χ2n) is 4.33. The third-order valence-corrected chi connectivity index (χ3v) is 2.87. The first-order chi connectivity index (χ1) is 8.56. The quantitative estimate of drug-likeness (QED) is 0.810. The molecule has 0 radical (unpaired) electrons. The Labute approximate surface area is 109 Å². The summed E-state index contributed by atoms with van der Waals surface area (Å²) in [6.07, 6.45) is -0.989. The molecule has 0 saturated heterocycles. The van der Waals surface area contributed by atoms with Gasteiger partial charge in [-0.25, -0.2) is 0 Å². The van der Waals surface area contributed by atoms with Gasteiger partial charge in [-0.15, -0.1) is 0 Å². The lowest BCUT2D eigenvalue weighted by Gasteiger charge is -2.18. The van der Waals surface area contributed by atoms with Crippen molar-refractivity contribution in [1.29, 1.82) is 0 Å². The number of aliphatic hydroxyl groups is 1. The van der Waals surface area contributed by atoms with Gasteiger partial charge in [0, 0.05) is 12.2 Å². The zero-order chi connectivity index (χ0) is 13.5. The molecule has 4 heteroatoms. The van der Waals surface area contributed by atoms with Gasteiger partial charge in [-0.2, -0.15) is 0 Å². The van der Waals surface area contributed by atoms with Gasteiger partial charge in [-0.1, -0.05) is 26.0 Å². The molecule has 0 aliphatic rings. The molecule has 18 heavy (non-hydrogen) atoms. The number of nitrogens with zero attached hydrogens (tertiary/aromatic N) is 1. The van der Waals surface area contributed by atoms with Gasteiger partial charge < -0.3 is 10.4 Å². The van der Waals surface area contributed by atoms with Gasteiger partial charge in [0.25, 0.3) is 5.91 Å². The number of benzene rings is 1. The van der Waals surface area contributed by atoms with Crippen molar-refractivity contribution in [3.8, 4) is 0 Å². The second kappa shape index (κ2) is 7.13. The minimum atomic E-state index is -0.989. The average Bonchev–Trinajstić information content (AvgIpc) is 2.36. The molecule has 0 aromatic heterocycles. The SMILES string of the molecule is CCN(CC)Cc1cccc(NC(=O)C(C)O)c1. The molecule has 1 rings (SSSR count). The second-order valence-corrected chi connectivity index (χ2v) is 4.33. The number of hydrogen-bond donors (Lipinski definition) is 2. The number of anilines is 1. The van der Waals surface area contributed by atoms with E-state index in [0.717, 1.165) is 30.9 Å². The zero-order valence-corrected chi connectivity index (χ0v) is 11.3. The third-order valence-electron chi connectivity index (χ3n) is 2.87. The van der Waals surface area contributed by atoms with E-state index in [9.17, 15) is 4.79 Å². The molecule has 100 valence electrons. The molecule has 0 fully saturated rings. The van der Waals surface area contributed by atoms with Crippen LogP contribution in [0.1, 0.15) is 26.3 Å². The van der Waals surface area contributed by atoms with Crippen LogP contribution >= 0.6 is 0 Å². The molecule has 0 aliphatic carbocycles. The lowest BCUT2D eigenvalue weighted by molar-refractivity contribution is -0.123. The number of nitrogens with one attached hydrogen (secondary N) is 1. The van der Waals surface area contributed by atoms with Gasteiger partial charge in [0.1, 0.15) is 6.10 Å². The van der Waals surface area contributed by atoms with E-state index in [2.05, 4.69) is 24.1 Å². The van der Waals surface area contributed by atoms with E-state index in [1.807, 2.05) is 24.3 Å². The van der Waals surface area contributed by atoms with Crippen molar-refractivity contribution in [2.24, 2.45) is 0 Å². The summed E-state index contributed by atoms with van der Waals surface area (Å²) in [5.41, 5.74) is 1.88. The predicted molar refractivity (Wildman–Crippen MR) is 73.4 cm³/mol. The lowest BCUT2D eigenvalue weighted by Crippen LogP contribution is -2.25. The fourth-order valence-corrected chi connectivity index (χ4v) is 1.70. The van der Waals surface area contributed by atoms with Crippen molar-refractivity contribution in [3.05, 3.63) is 29.8 Å². The number of aliphatic hydroxyl groups excluding tert-OH is 1. The maximum absolute atomic E-state index is 11.4. The fourth-order valence-electron chi connectivity index (χ4n) is 1.70. The van der Waals surface area contributed by atoms with E-state index in [1.54, 1.807) is 0 Å². The van der Waals surface area contributed by atoms with Crippen LogP contribution in [0, 0.1) is 0 Å². The minimum Gasteiger partial charge on any atom is -0.384 e. The summed E-state index contributed by atoms with van der Waals surface area (Å²) in [5.74, 6) is -0.380. The topological polar surface area (TPSA) is 52.6 Å².